The third-order valence-electron chi connectivity index (χ3n) is 5.58. The van der Waals surface area contributed by atoms with Crippen LogP contribution in [0.15, 0.2) is 59.5 Å². The van der Waals surface area contributed by atoms with Gasteiger partial charge in [-0.3, -0.25) is 9.59 Å². The summed E-state index contributed by atoms with van der Waals surface area (Å²) in [5.41, 5.74) is 1.75. The maximum Gasteiger partial charge on any atom is 0.322 e. The normalized spacial score (nSPS) is 13.5. The molecule has 192 valence electrons. The first-order valence-corrected chi connectivity index (χ1v) is 13.3. The number of benzene rings is 2. The second-order valence-corrected chi connectivity index (χ2v) is 11.0. The van der Waals surface area contributed by atoms with E-state index in [0.717, 1.165) is 15.4 Å². The molecule has 0 unspecified atom stereocenters. The monoisotopic (exact) mass is 504 g/mol. The Kier molecular flexibility index (Phi) is 10.9. The van der Waals surface area contributed by atoms with E-state index in [1.807, 2.05) is 51.1 Å². The van der Waals surface area contributed by atoms with Crippen molar-refractivity contribution in [2.75, 3.05) is 13.1 Å². The van der Waals surface area contributed by atoms with Gasteiger partial charge in [0.15, 0.2) is 0 Å². The first-order chi connectivity index (χ1) is 16.5. The fourth-order valence-corrected chi connectivity index (χ4v) is 5.49. The number of aryl methyl sites for hydroxylation is 1. The minimum atomic E-state index is -4.00. The van der Waals surface area contributed by atoms with Crippen molar-refractivity contribution in [1.29, 1.82) is 0 Å². The predicted octanol–water partition coefficient (Wildman–Crippen LogP) is 2.99. The number of unbranched alkanes of at least 4 members (excludes halogenated alkanes) is 1. The minimum Gasteiger partial charge on any atom is -0.480 e. The van der Waals surface area contributed by atoms with Gasteiger partial charge in [-0.15, -0.1) is 0 Å². The molecule has 1 amide bonds. The molecule has 2 atom stereocenters. The molecule has 0 bridgehead atoms. The van der Waals surface area contributed by atoms with Crippen LogP contribution in [0.1, 0.15) is 44.2 Å². The van der Waals surface area contributed by atoms with E-state index in [-0.39, 0.29) is 36.7 Å². The smallest absolute Gasteiger partial charge is 0.322 e. The van der Waals surface area contributed by atoms with Crippen molar-refractivity contribution >= 4 is 21.9 Å². The van der Waals surface area contributed by atoms with Crippen molar-refractivity contribution in [3.05, 3.63) is 65.7 Å². The third-order valence-corrected chi connectivity index (χ3v) is 7.47. The Labute approximate surface area is 208 Å². The molecule has 0 heterocycles. The zero-order chi connectivity index (χ0) is 26.0. The van der Waals surface area contributed by atoms with Gasteiger partial charge in [0.25, 0.3) is 0 Å². The van der Waals surface area contributed by atoms with Gasteiger partial charge in [-0.25, -0.2) is 8.42 Å². The number of aliphatic hydroxyl groups excluding tert-OH is 1. The number of nitrogens with one attached hydrogen (secondary N) is 1. The lowest BCUT2D eigenvalue weighted by atomic mass is 10.1. The summed E-state index contributed by atoms with van der Waals surface area (Å²) in [6, 6.07) is 14.3. The minimum absolute atomic E-state index is 0.0645. The first-order valence-electron chi connectivity index (χ1n) is 11.8. The highest BCUT2D eigenvalue weighted by atomic mass is 32.2. The van der Waals surface area contributed by atoms with Gasteiger partial charge in [0.05, 0.1) is 4.90 Å². The predicted molar refractivity (Wildman–Crippen MR) is 134 cm³/mol. The molecular formula is C26H36N2O6S. The first kappa shape index (κ1) is 28.5. The van der Waals surface area contributed by atoms with E-state index in [1.54, 1.807) is 12.1 Å². The van der Waals surface area contributed by atoms with Gasteiger partial charge in [0.1, 0.15) is 12.1 Å². The Balaban J connectivity index is 1.96. The van der Waals surface area contributed by atoms with Gasteiger partial charge in [-0.1, -0.05) is 61.9 Å². The lowest BCUT2D eigenvalue weighted by Crippen LogP contribution is -2.46. The number of amides is 1. The number of carbonyl (C=O) groups excluding carboxylic acids is 1. The molecule has 0 radical (unpaired) electrons. The topological polar surface area (TPSA) is 124 Å². The average Bonchev–Trinajstić information content (AvgIpc) is 2.80. The van der Waals surface area contributed by atoms with Crippen molar-refractivity contribution in [2.24, 2.45) is 5.92 Å². The van der Waals surface area contributed by atoms with Crippen LogP contribution in [0, 0.1) is 12.8 Å². The molecule has 9 heteroatoms. The molecule has 2 aromatic carbocycles. The SMILES string of the molecule is Cc1ccc(S(=O)(=O)N(CC(C)C)[C@@H](CCCCNC(=O)[C@@H](O)Cc2ccccc2)C(=O)O)cc1. The zero-order valence-corrected chi connectivity index (χ0v) is 21.4. The lowest BCUT2D eigenvalue weighted by molar-refractivity contribution is -0.142. The quantitative estimate of drug-likeness (QED) is 0.340. The van der Waals surface area contributed by atoms with Gasteiger partial charge >= 0.3 is 5.97 Å². The second-order valence-electron chi connectivity index (χ2n) is 9.13. The Morgan fingerprint density at radius 1 is 1.00 bits per heavy atom. The van der Waals surface area contributed by atoms with Gasteiger partial charge in [0.2, 0.25) is 15.9 Å². The van der Waals surface area contributed by atoms with E-state index in [4.69, 9.17) is 0 Å². The van der Waals surface area contributed by atoms with Crippen LogP contribution in [0.25, 0.3) is 0 Å². The van der Waals surface area contributed by atoms with Gasteiger partial charge in [-0.05, 0) is 49.8 Å². The van der Waals surface area contributed by atoms with Gasteiger partial charge in [0, 0.05) is 19.5 Å². The van der Waals surface area contributed by atoms with Crippen molar-refractivity contribution in [3.8, 4) is 0 Å². The number of aliphatic carboxylic acids is 1. The number of hydrogen-bond donors (Lipinski definition) is 3. The molecule has 0 saturated carbocycles. The summed E-state index contributed by atoms with van der Waals surface area (Å²) in [7, 11) is -4.00. The fraction of sp³-hybridized carbons (Fsp3) is 0.462. The summed E-state index contributed by atoms with van der Waals surface area (Å²) in [6.45, 7) is 5.86. The van der Waals surface area contributed by atoms with E-state index in [2.05, 4.69) is 5.32 Å². The van der Waals surface area contributed by atoms with Crippen LogP contribution in [0.2, 0.25) is 0 Å². The second kappa shape index (κ2) is 13.4. The number of sulfonamides is 1. The number of carbonyl (C=O) groups is 2. The molecule has 2 aromatic rings. The summed E-state index contributed by atoms with van der Waals surface area (Å²) in [6.07, 6.45) is -0.0207. The largest absolute Gasteiger partial charge is 0.480 e. The molecule has 0 aromatic heterocycles. The van der Waals surface area contributed by atoms with Crippen LogP contribution in [0.5, 0.6) is 0 Å². The maximum atomic E-state index is 13.3. The van der Waals surface area contributed by atoms with Crippen molar-refractivity contribution in [2.45, 2.75) is 63.5 Å². The van der Waals surface area contributed by atoms with Crippen LogP contribution in [0.4, 0.5) is 0 Å². The van der Waals surface area contributed by atoms with E-state index in [9.17, 15) is 28.2 Å². The van der Waals surface area contributed by atoms with Crippen LogP contribution < -0.4 is 5.32 Å². The Morgan fingerprint density at radius 2 is 1.63 bits per heavy atom. The number of aliphatic hydroxyl groups is 1. The number of carboxylic acid groups (broad SMARTS) is 1. The van der Waals surface area contributed by atoms with E-state index < -0.39 is 34.0 Å². The molecule has 2 rings (SSSR count). The molecule has 0 fully saturated rings. The zero-order valence-electron chi connectivity index (χ0n) is 20.6. The highest BCUT2D eigenvalue weighted by molar-refractivity contribution is 7.89. The summed E-state index contributed by atoms with van der Waals surface area (Å²) in [5, 5.41) is 22.6. The average molecular weight is 505 g/mol. The van der Waals surface area contributed by atoms with Crippen molar-refractivity contribution in [1.82, 2.24) is 9.62 Å². The molecule has 0 saturated heterocycles. The van der Waals surface area contributed by atoms with E-state index in [0.29, 0.717) is 12.8 Å². The summed E-state index contributed by atoms with van der Waals surface area (Å²) in [4.78, 5) is 24.3. The fourth-order valence-electron chi connectivity index (χ4n) is 3.71. The molecule has 0 spiro atoms. The maximum absolute atomic E-state index is 13.3. The summed E-state index contributed by atoms with van der Waals surface area (Å²) < 4.78 is 27.7. The molecule has 3 N–H and O–H groups in total. The molecule has 0 aliphatic heterocycles. The Bertz CT molecular complexity index is 1060. The van der Waals surface area contributed by atoms with Crippen LogP contribution in [-0.4, -0.2) is 60.0 Å². The van der Waals surface area contributed by atoms with E-state index >= 15 is 0 Å². The van der Waals surface area contributed by atoms with Crippen LogP contribution in [-0.2, 0) is 26.0 Å². The molecular weight excluding hydrogens is 468 g/mol. The molecule has 8 nitrogen and oxygen atoms in total. The van der Waals surface area contributed by atoms with Crippen LogP contribution in [0.3, 0.4) is 0 Å². The molecule has 35 heavy (non-hydrogen) atoms. The molecule has 0 aliphatic carbocycles. The number of carboxylic acids is 1. The van der Waals surface area contributed by atoms with Gasteiger partial charge < -0.3 is 15.5 Å². The Morgan fingerprint density at radius 3 is 2.20 bits per heavy atom. The number of nitrogens with zero attached hydrogens (tertiary/aromatic N) is 1. The lowest BCUT2D eigenvalue weighted by Gasteiger charge is -2.29. The van der Waals surface area contributed by atoms with Crippen molar-refractivity contribution in [3.63, 3.8) is 0 Å². The number of hydrogen-bond acceptors (Lipinski definition) is 5. The standard InChI is InChI=1S/C26H36N2O6S/c1-19(2)18-28(35(33,34)22-14-12-20(3)13-15-22)23(26(31)32)11-7-8-16-27-25(30)24(29)17-21-9-5-4-6-10-21/h4-6,9-10,12-15,19,23-24,29H,7-8,11,16-18H2,1-3H3,(H,27,30)(H,31,32)/t23-,24-/m0/s1. The highest BCUT2D eigenvalue weighted by Gasteiger charge is 2.36. The number of rotatable bonds is 14. The van der Waals surface area contributed by atoms with Crippen molar-refractivity contribution < 1.29 is 28.2 Å². The van der Waals surface area contributed by atoms with E-state index in [1.165, 1.54) is 12.1 Å². The summed E-state index contributed by atoms with van der Waals surface area (Å²) in [5.74, 6) is -1.77. The van der Waals surface area contributed by atoms with Gasteiger partial charge in [-0.2, -0.15) is 4.31 Å². The molecule has 0 aliphatic rings. The van der Waals surface area contributed by atoms with Crippen LogP contribution >= 0.6 is 0 Å². The summed E-state index contributed by atoms with van der Waals surface area (Å²) >= 11 is 0. The Hall–Kier alpha value is -2.75. The third kappa shape index (κ3) is 8.76. The highest BCUT2D eigenvalue weighted by Crippen LogP contribution is 2.23.